The van der Waals surface area contributed by atoms with Crippen molar-refractivity contribution in [1.29, 1.82) is 0 Å². The number of rotatable bonds is 4. The van der Waals surface area contributed by atoms with Crippen molar-refractivity contribution in [1.82, 2.24) is 4.98 Å². The molecule has 0 spiro atoms. The predicted octanol–water partition coefficient (Wildman–Crippen LogP) is 0.816. The fourth-order valence-electron chi connectivity index (χ4n) is 0.924. The van der Waals surface area contributed by atoms with E-state index in [0.29, 0.717) is 5.56 Å². The molecule has 4 nitrogen and oxygen atoms in total. The van der Waals surface area contributed by atoms with Crippen LogP contribution in [0.5, 0.6) is 0 Å². The minimum atomic E-state index is -0.805. The standard InChI is InChI=1S/C8H11NO3/c1-11-8(12-2)7(10)6-3-4-9-5-6/h3-5,8-9H,1-2H3. The number of ether oxygens (including phenoxy) is 2. The van der Waals surface area contributed by atoms with Crippen molar-refractivity contribution in [3.05, 3.63) is 24.0 Å². The van der Waals surface area contributed by atoms with Crippen molar-refractivity contribution in [2.24, 2.45) is 0 Å². The molecule has 1 heterocycles. The highest BCUT2D eigenvalue weighted by Gasteiger charge is 2.18. The fourth-order valence-corrected chi connectivity index (χ4v) is 0.924. The summed E-state index contributed by atoms with van der Waals surface area (Å²) in [6, 6.07) is 1.67. The van der Waals surface area contributed by atoms with E-state index in [9.17, 15) is 4.79 Å². The van der Waals surface area contributed by atoms with Crippen LogP contribution in [-0.2, 0) is 9.47 Å². The lowest BCUT2D eigenvalue weighted by molar-refractivity contribution is -0.0742. The summed E-state index contributed by atoms with van der Waals surface area (Å²) in [5.41, 5.74) is 0.559. The molecule has 12 heavy (non-hydrogen) atoms. The maximum absolute atomic E-state index is 11.4. The molecule has 0 atom stereocenters. The molecular formula is C8H11NO3. The van der Waals surface area contributed by atoms with E-state index in [1.807, 2.05) is 0 Å². The topological polar surface area (TPSA) is 51.3 Å². The quantitative estimate of drug-likeness (QED) is 0.536. The average Bonchev–Trinajstić information content (AvgIpc) is 2.58. The van der Waals surface area contributed by atoms with Gasteiger partial charge in [0.25, 0.3) is 0 Å². The highest BCUT2D eigenvalue weighted by molar-refractivity contribution is 5.98. The third-order valence-electron chi connectivity index (χ3n) is 1.52. The van der Waals surface area contributed by atoms with Gasteiger partial charge in [-0.3, -0.25) is 4.79 Å². The molecule has 0 aliphatic rings. The van der Waals surface area contributed by atoms with Crippen LogP contribution in [-0.4, -0.2) is 31.3 Å². The third kappa shape index (κ3) is 1.72. The van der Waals surface area contributed by atoms with Crippen molar-refractivity contribution in [3.63, 3.8) is 0 Å². The SMILES string of the molecule is COC(OC)C(=O)c1cc[nH]c1. The maximum atomic E-state index is 11.4. The first-order chi connectivity index (χ1) is 5.79. The number of Topliss-reactive ketones (excluding diaryl/α,β-unsaturated/α-hetero) is 1. The number of H-pyrrole nitrogens is 1. The second-order valence-corrected chi connectivity index (χ2v) is 2.27. The first-order valence-corrected chi connectivity index (χ1v) is 3.52. The van der Waals surface area contributed by atoms with Gasteiger partial charge in [0.05, 0.1) is 0 Å². The maximum Gasteiger partial charge on any atom is 0.222 e. The second-order valence-electron chi connectivity index (χ2n) is 2.27. The Bertz CT molecular complexity index is 239. The zero-order chi connectivity index (χ0) is 8.97. The van der Waals surface area contributed by atoms with Gasteiger partial charge in [0, 0.05) is 32.2 Å². The highest BCUT2D eigenvalue weighted by atomic mass is 16.7. The van der Waals surface area contributed by atoms with Gasteiger partial charge in [0.1, 0.15) is 0 Å². The second kappa shape index (κ2) is 4.04. The van der Waals surface area contributed by atoms with E-state index in [0.717, 1.165) is 0 Å². The number of ketones is 1. The molecule has 0 bridgehead atoms. The Hall–Kier alpha value is -1.13. The number of aromatic amines is 1. The van der Waals surface area contributed by atoms with Gasteiger partial charge in [-0.05, 0) is 6.07 Å². The lowest BCUT2D eigenvalue weighted by Crippen LogP contribution is -2.24. The van der Waals surface area contributed by atoms with Crippen LogP contribution < -0.4 is 0 Å². The minimum Gasteiger partial charge on any atom is -0.367 e. The van der Waals surface area contributed by atoms with E-state index in [2.05, 4.69) is 4.98 Å². The van der Waals surface area contributed by atoms with E-state index < -0.39 is 6.29 Å². The van der Waals surface area contributed by atoms with Crippen molar-refractivity contribution in [2.45, 2.75) is 6.29 Å². The molecule has 0 aliphatic heterocycles. The lowest BCUT2D eigenvalue weighted by Gasteiger charge is -2.09. The number of aromatic nitrogens is 1. The minimum absolute atomic E-state index is 0.179. The molecule has 0 saturated heterocycles. The van der Waals surface area contributed by atoms with Crippen molar-refractivity contribution in [2.75, 3.05) is 14.2 Å². The largest absolute Gasteiger partial charge is 0.367 e. The van der Waals surface area contributed by atoms with E-state index in [-0.39, 0.29) is 5.78 Å². The van der Waals surface area contributed by atoms with Crippen LogP contribution in [0.25, 0.3) is 0 Å². The van der Waals surface area contributed by atoms with Gasteiger partial charge in [-0.15, -0.1) is 0 Å². The molecule has 66 valence electrons. The summed E-state index contributed by atoms with van der Waals surface area (Å²) in [6.45, 7) is 0. The van der Waals surface area contributed by atoms with E-state index in [1.54, 1.807) is 18.5 Å². The Morgan fingerprint density at radius 3 is 2.58 bits per heavy atom. The van der Waals surface area contributed by atoms with E-state index >= 15 is 0 Å². The fraction of sp³-hybridized carbons (Fsp3) is 0.375. The van der Waals surface area contributed by atoms with Gasteiger partial charge in [-0.2, -0.15) is 0 Å². The predicted molar refractivity (Wildman–Crippen MR) is 42.9 cm³/mol. The Morgan fingerprint density at radius 1 is 1.50 bits per heavy atom. The van der Waals surface area contributed by atoms with Crippen LogP contribution in [0, 0.1) is 0 Å². The summed E-state index contributed by atoms with van der Waals surface area (Å²) in [6.07, 6.45) is 2.48. The van der Waals surface area contributed by atoms with Gasteiger partial charge in [0.2, 0.25) is 12.1 Å². The lowest BCUT2D eigenvalue weighted by atomic mass is 10.2. The Kier molecular flexibility index (Phi) is 3.01. The summed E-state index contributed by atoms with van der Waals surface area (Å²) in [4.78, 5) is 14.2. The van der Waals surface area contributed by atoms with Gasteiger partial charge in [0.15, 0.2) is 0 Å². The Morgan fingerprint density at radius 2 is 2.17 bits per heavy atom. The number of hydrogen-bond donors (Lipinski definition) is 1. The number of hydrogen-bond acceptors (Lipinski definition) is 3. The first-order valence-electron chi connectivity index (χ1n) is 3.52. The third-order valence-corrected chi connectivity index (χ3v) is 1.52. The van der Waals surface area contributed by atoms with Crippen LogP contribution in [0.3, 0.4) is 0 Å². The van der Waals surface area contributed by atoms with Crippen LogP contribution in [0.2, 0.25) is 0 Å². The molecule has 1 N–H and O–H groups in total. The number of nitrogens with one attached hydrogen (secondary N) is 1. The molecule has 1 aromatic heterocycles. The molecule has 0 aliphatic carbocycles. The molecule has 1 aromatic rings. The van der Waals surface area contributed by atoms with Gasteiger partial charge in [-0.1, -0.05) is 0 Å². The molecule has 0 radical (unpaired) electrons. The summed E-state index contributed by atoms with van der Waals surface area (Å²) in [7, 11) is 2.86. The Balaban J connectivity index is 2.70. The molecule has 0 amide bonds. The Labute approximate surface area is 70.5 Å². The molecule has 4 heteroatoms. The molecule has 0 unspecified atom stereocenters. The molecular weight excluding hydrogens is 158 g/mol. The number of carbonyl (C=O) groups is 1. The van der Waals surface area contributed by atoms with E-state index in [4.69, 9.17) is 9.47 Å². The summed E-state index contributed by atoms with van der Waals surface area (Å²) < 4.78 is 9.60. The first kappa shape index (κ1) is 8.96. The molecule has 0 fully saturated rings. The summed E-state index contributed by atoms with van der Waals surface area (Å²) in [5, 5.41) is 0. The van der Waals surface area contributed by atoms with Crippen LogP contribution >= 0.6 is 0 Å². The normalized spacial score (nSPS) is 10.6. The van der Waals surface area contributed by atoms with Crippen LogP contribution in [0.4, 0.5) is 0 Å². The summed E-state index contributed by atoms with van der Waals surface area (Å²) in [5.74, 6) is -0.179. The van der Waals surface area contributed by atoms with Gasteiger partial charge < -0.3 is 14.5 Å². The zero-order valence-corrected chi connectivity index (χ0v) is 7.03. The highest BCUT2D eigenvalue weighted by Crippen LogP contribution is 2.04. The number of methoxy groups -OCH3 is 2. The molecule has 0 aromatic carbocycles. The molecule has 1 rings (SSSR count). The smallest absolute Gasteiger partial charge is 0.222 e. The van der Waals surface area contributed by atoms with Gasteiger partial charge >= 0.3 is 0 Å². The van der Waals surface area contributed by atoms with Crippen LogP contribution in [0.15, 0.2) is 18.5 Å². The van der Waals surface area contributed by atoms with Crippen molar-refractivity contribution in [3.8, 4) is 0 Å². The van der Waals surface area contributed by atoms with Gasteiger partial charge in [-0.25, -0.2) is 0 Å². The zero-order valence-electron chi connectivity index (χ0n) is 7.03. The monoisotopic (exact) mass is 169 g/mol. The number of carbonyl (C=O) groups excluding carboxylic acids is 1. The van der Waals surface area contributed by atoms with E-state index in [1.165, 1.54) is 14.2 Å². The summed E-state index contributed by atoms with van der Waals surface area (Å²) >= 11 is 0. The average molecular weight is 169 g/mol. The molecule has 0 saturated carbocycles. The van der Waals surface area contributed by atoms with Crippen molar-refractivity contribution >= 4 is 5.78 Å². The van der Waals surface area contributed by atoms with Crippen molar-refractivity contribution < 1.29 is 14.3 Å². The van der Waals surface area contributed by atoms with Crippen LogP contribution in [0.1, 0.15) is 10.4 Å².